The van der Waals surface area contributed by atoms with Crippen molar-refractivity contribution >= 4 is 10.0 Å². The van der Waals surface area contributed by atoms with Gasteiger partial charge in [-0.1, -0.05) is 49.7 Å². The molecule has 1 aromatic carbocycles. The number of nitrogens with zero attached hydrogens (tertiary/aromatic N) is 1. The summed E-state index contributed by atoms with van der Waals surface area (Å²) in [4.78, 5) is 4.08. The van der Waals surface area contributed by atoms with Gasteiger partial charge in [0, 0.05) is 12.4 Å². The van der Waals surface area contributed by atoms with Crippen molar-refractivity contribution < 1.29 is 8.42 Å². The van der Waals surface area contributed by atoms with Gasteiger partial charge >= 0.3 is 0 Å². The van der Waals surface area contributed by atoms with E-state index < -0.39 is 10.0 Å². The summed E-state index contributed by atoms with van der Waals surface area (Å²) in [6.07, 6.45) is 3.39. The van der Waals surface area contributed by atoms with E-state index in [4.69, 9.17) is 0 Å². The van der Waals surface area contributed by atoms with Crippen LogP contribution in [0.5, 0.6) is 0 Å². The molecule has 2 aromatic rings. The minimum Gasteiger partial charge on any atom is -0.264 e. The largest absolute Gasteiger partial charge is 0.264 e. The minimum atomic E-state index is -3.42. The first-order valence-corrected chi connectivity index (χ1v) is 8.98. The zero-order valence-corrected chi connectivity index (χ0v) is 14.0. The predicted octanol–water partition coefficient (Wildman–Crippen LogP) is 3.21. The molecule has 0 bridgehead atoms. The van der Waals surface area contributed by atoms with Crippen LogP contribution < -0.4 is 4.72 Å². The van der Waals surface area contributed by atoms with Gasteiger partial charge in [0.15, 0.2) is 0 Å². The molecule has 1 N–H and O–H groups in total. The summed E-state index contributed by atoms with van der Waals surface area (Å²) in [5.74, 6) is 0.120. The quantitative estimate of drug-likeness (QED) is 0.889. The van der Waals surface area contributed by atoms with Crippen molar-refractivity contribution in [2.45, 2.75) is 32.6 Å². The molecule has 0 spiro atoms. The Labute approximate surface area is 132 Å². The average Bonchev–Trinajstić information content (AvgIpc) is 2.45. The third-order valence-corrected chi connectivity index (χ3v) is 4.78. The van der Waals surface area contributed by atoms with Crippen molar-refractivity contribution in [3.8, 4) is 0 Å². The third-order valence-electron chi connectivity index (χ3n) is 3.46. The van der Waals surface area contributed by atoms with Crippen LogP contribution in [0.2, 0.25) is 0 Å². The molecule has 0 fully saturated rings. The summed E-state index contributed by atoms with van der Waals surface area (Å²) in [7, 11) is -3.42. The molecular formula is C17H22N2O2S. The van der Waals surface area contributed by atoms with Gasteiger partial charge in [-0.05, 0) is 30.0 Å². The highest BCUT2D eigenvalue weighted by atomic mass is 32.2. The molecule has 0 aliphatic heterocycles. The van der Waals surface area contributed by atoms with Gasteiger partial charge in [0.25, 0.3) is 0 Å². The number of rotatable bonds is 6. The maximum absolute atomic E-state index is 12.5. The number of hydrogen-bond acceptors (Lipinski definition) is 3. The molecule has 0 aliphatic carbocycles. The van der Waals surface area contributed by atoms with Gasteiger partial charge in [0.1, 0.15) is 0 Å². The molecule has 1 atom stereocenters. The summed E-state index contributed by atoms with van der Waals surface area (Å²) < 4.78 is 27.7. The topological polar surface area (TPSA) is 59.1 Å². The molecule has 1 aromatic heterocycles. The zero-order valence-electron chi connectivity index (χ0n) is 13.2. The molecule has 0 saturated carbocycles. The molecule has 5 heteroatoms. The second kappa shape index (κ2) is 7.03. The van der Waals surface area contributed by atoms with Crippen LogP contribution >= 0.6 is 0 Å². The first-order valence-electron chi connectivity index (χ1n) is 7.33. The first kappa shape index (κ1) is 16.6. The van der Waals surface area contributed by atoms with Gasteiger partial charge in [0.05, 0.1) is 11.8 Å². The van der Waals surface area contributed by atoms with Crippen LogP contribution in [0.15, 0.2) is 48.8 Å². The van der Waals surface area contributed by atoms with Gasteiger partial charge in [0.2, 0.25) is 10.0 Å². The monoisotopic (exact) mass is 318 g/mol. The van der Waals surface area contributed by atoms with E-state index in [2.05, 4.69) is 9.71 Å². The minimum absolute atomic E-state index is 0.0157. The van der Waals surface area contributed by atoms with E-state index in [1.807, 2.05) is 57.2 Å². The van der Waals surface area contributed by atoms with Crippen LogP contribution in [-0.4, -0.2) is 13.4 Å². The lowest BCUT2D eigenvalue weighted by Crippen LogP contribution is -2.32. The summed E-state index contributed by atoms with van der Waals surface area (Å²) in [5, 5.41) is 0. The second-order valence-corrected chi connectivity index (χ2v) is 7.63. The Hall–Kier alpha value is -1.72. The van der Waals surface area contributed by atoms with E-state index in [0.717, 1.165) is 16.7 Å². The molecule has 2 rings (SSSR count). The van der Waals surface area contributed by atoms with E-state index >= 15 is 0 Å². The Morgan fingerprint density at radius 3 is 2.55 bits per heavy atom. The molecule has 1 unspecified atom stereocenters. The second-order valence-electron chi connectivity index (χ2n) is 5.87. The fourth-order valence-corrected chi connectivity index (χ4v) is 3.90. The maximum atomic E-state index is 12.5. The fourth-order valence-electron chi connectivity index (χ4n) is 2.41. The van der Waals surface area contributed by atoms with Gasteiger partial charge in [-0.3, -0.25) is 4.98 Å². The van der Waals surface area contributed by atoms with Gasteiger partial charge in [-0.2, -0.15) is 0 Å². The lowest BCUT2D eigenvalue weighted by Gasteiger charge is -2.22. The van der Waals surface area contributed by atoms with E-state index in [9.17, 15) is 8.42 Å². The number of sulfonamides is 1. The van der Waals surface area contributed by atoms with Gasteiger partial charge in [-0.25, -0.2) is 13.1 Å². The Balaban J connectivity index is 2.18. The Bertz CT molecular complexity index is 712. The van der Waals surface area contributed by atoms with Crippen LogP contribution in [0.3, 0.4) is 0 Å². The van der Waals surface area contributed by atoms with Crippen LogP contribution in [0.1, 0.15) is 36.6 Å². The van der Waals surface area contributed by atoms with Gasteiger partial charge < -0.3 is 0 Å². The van der Waals surface area contributed by atoms with E-state index in [1.165, 1.54) is 0 Å². The predicted molar refractivity (Wildman–Crippen MR) is 88.8 cm³/mol. The lowest BCUT2D eigenvalue weighted by atomic mass is 9.99. The van der Waals surface area contributed by atoms with Gasteiger partial charge in [-0.15, -0.1) is 0 Å². The Kier molecular flexibility index (Phi) is 5.32. The summed E-state index contributed by atoms with van der Waals surface area (Å²) in [6.45, 7) is 5.94. The molecule has 22 heavy (non-hydrogen) atoms. The number of aryl methyl sites for hydroxylation is 1. The van der Waals surface area contributed by atoms with Crippen molar-refractivity contribution in [3.63, 3.8) is 0 Å². The van der Waals surface area contributed by atoms with Crippen molar-refractivity contribution in [3.05, 3.63) is 65.5 Å². The summed E-state index contributed by atoms with van der Waals surface area (Å²) in [5.41, 5.74) is 2.73. The van der Waals surface area contributed by atoms with E-state index in [0.29, 0.717) is 0 Å². The van der Waals surface area contributed by atoms with Crippen molar-refractivity contribution in [2.24, 2.45) is 5.92 Å². The highest BCUT2D eigenvalue weighted by Gasteiger charge is 2.22. The zero-order chi connectivity index (χ0) is 16.2. The lowest BCUT2D eigenvalue weighted by molar-refractivity contribution is 0.462. The number of pyridine rings is 1. The molecular weight excluding hydrogens is 296 g/mol. The van der Waals surface area contributed by atoms with Crippen LogP contribution in [0.25, 0.3) is 0 Å². The molecule has 0 amide bonds. The fraction of sp³-hybridized carbons (Fsp3) is 0.353. The Morgan fingerprint density at radius 1 is 1.18 bits per heavy atom. The van der Waals surface area contributed by atoms with Crippen molar-refractivity contribution in [2.75, 3.05) is 0 Å². The summed E-state index contributed by atoms with van der Waals surface area (Å²) in [6, 6.07) is 11.0. The van der Waals surface area contributed by atoms with Crippen LogP contribution in [0, 0.1) is 12.8 Å². The number of benzene rings is 1. The highest BCUT2D eigenvalue weighted by Crippen LogP contribution is 2.22. The average molecular weight is 318 g/mol. The molecule has 0 radical (unpaired) electrons. The molecule has 118 valence electrons. The Morgan fingerprint density at radius 2 is 1.95 bits per heavy atom. The highest BCUT2D eigenvalue weighted by molar-refractivity contribution is 7.88. The van der Waals surface area contributed by atoms with E-state index in [-0.39, 0.29) is 17.7 Å². The standard InChI is InChI=1S/C17H22N2O2S/c1-13(2)17(16-8-5-9-18-11-16)19-22(20,21)12-15-7-4-6-14(3)10-15/h4-11,13,17,19H,12H2,1-3H3. The molecule has 0 saturated heterocycles. The van der Waals surface area contributed by atoms with E-state index in [1.54, 1.807) is 12.4 Å². The number of nitrogens with one attached hydrogen (secondary N) is 1. The SMILES string of the molecule is Cc1cccc(CS(=O)(=O)NC(c2cccnc2)C(C)C)c1. The number of aromatic nitrogens is 1. The smallest absolute Gasteiger partial charge is 0.216 e. The number of hydrogen-bond donors (Lipinski definition) is 1. The normalized spacial score (nSPS) is 13.3. The first-order chi connectivity index (χ1) is 10.4. The molecule has 4 nitrogen and oxygen atoms in total. The van der Waals surface area contributed by atoms with Crippen molar-refractivity contribution in [1.82, 2.24) is 9.71 Å². The molecule has 1 heterocycles. The maximum Gasteiger partial charge on any atom is 0.216 e. The molecule has 0 aliphatic rings. The van der Waals surface area contributed by atoms with Crippen molar-refractivity contribution in [1.29, 1.82) is 0 Å². The van der Waals surface area contributed by atoms with Crippen LogP contribution in [-0.2, 0) is 15.8 Å². The van der Waals surface area contributed by atoms with Crippen LogP contribution in [0.4, 0.5) is 0 Å². The summed E-state index contributed by atoms with van der Waals surface area (Å²) >= 11 is 0. The third kappa shape index (κ3) is 4.64.